The Hall–Kier alpha value is -2.33. The number of carbonyl (C=O) groups is 1. The van der Waals surface area contributed by atoms with Gasteiger partial charge in [-0.25, -0.2) is 0 Å². The normalized spacial score (nSPS) is 12.5. The smallest absolute Gasteiger partial charge is 0.230 e. The van der Waals surface area contributed by atoms with Crippen molar-refractivity contribution in [1.82, 2.24) is 5.32 Å². The highest BCUT2D eigenvalue weighted by Crippen LogP contribution is 2.25. The van der Waals surface area contributed by atoms with Crippen LogP contribution in [0.25, 0.3) is 0 Å². The van der Waals surface area contributed by atoms with Gasteiger partial charge in [0, 0.05) is 13.0 Å². The number of nitrogens with one attached hydrogen (secondary N) is 1. The number of aliphatic hydroxyl groups excluding tert-OH is 1. The highest BCUT2D eigenvalue weighted by atomic mass is 16.5. The summed E-state index contributed by atoms with van der Waals surface area (Å²) < 4.78 is 5.14. The Morgan fingerprint density at radius 3 is 2.33 bits per heavy atom. The zero-order valence-corrected chi connectivity index (χ0v) is 14.5. The molecule has 0 heterocycles. The molecule has 0 aliphatic carbocycles. The number of carbonyl (C=O) groups excluding carboxylic acids is 1. The largest absolute Gasteiger partial charge is 0.497 e. The molecule has 2 aromatic carbocycles. The minimum absolute atomic E-state index is 0.111. The molecular formula is C20H25NO3. The van der Waals surface area contributed by atoms with Gasteiger partial charge in [-0.05, 0) is 37.1 Å². The molecule has 0 radical (unpaired) electrons. The highest BCUT2D eigenvalue weighted by Gasteiger charge is 2.29. The second-order valence-corrected chi connectivity index (χ2v) is 6.41. The maximum atomic E-state index is 12.5. The summed E-state index contributed by atoms with van der Waals surface area (Å²) in [6.07, 6.45) is -0.0904. The zero-order chi connectivity index (χ0) is 17.6. The lowest BCUT2D eigenvalue weighted by molar-refractivity contribution is -0.126. The Morgan fingerprint density at radius 1 is 1.12 bits per heavy atom. The number of hydrogen-bond acceptors (Lipinski definition) is 3. The standard InChI is InChI=1S/C20H25NO3/c1-20(2,16-9-11-18(24-3)12-10-16)19(23)21-14-17(22)13-15-7-5-4-6-8-15/h4-12,17,22H,13-14H2,1-3H3,(H,21,23). The third-order valence-electron chi connectivity index (χ3n) is 4.19. The number of hydrogen-bond donors (Lipinski definition) is 2. The van der Waals surface area contributed by atoms with Crippen molar-refractivity contribution in [2.24, 2.45) is 0 Å². The van der Waals surface area contributed by atoms with Gasteiger partial charge in [0.05, 0.1) is 18.6 Å². The molecule has 0 saturated carbocycles. The van der Waals surface area contributed by atoms with Gasteiger partial charge >= 0.3 is 0 Å². The average molecular weight is 327 g/mol. The molecule has 0 aliphatic heterocycles. The van der Waals surface area contributed by atoms with Crippen LogP contribution >= 0.6 is 0 Å². The summed E-state index contributed by atoms with van der Waals surface area (Å²) in [6, 6.07) is 17.2. The number of amides is 1. The first kappa shape index (κ1) is 18.0. The molecular weight excluding hydrogens is 302 g/mol. The van der Waals surface area contributed by atoms with Crippen molar-refractivity contribution in [1.29, 1.82) is 0 Å². The van der Waals surface area contributed by atoms with Crippen LogP contribution in [-0.2, 0) is 16.6 Å². The van der Waals surface area contributed by atoms with Crippen molar-refractivity contribution >= 4 is 5.91 Å². The third-order valence-corrected chi connectivity index (χ3v) is 4.19. The average Bonchev–Trinajstić information content (AvgIpc) is 2.60. The molecule has 1 amide bonds. The second-order valence-electron chi connectivity index (χ2n) is 6.41. The molecule has 0 bridgehead atoms. The van der Waals surface area contributed by atoms with Crippen LogP contribution in [0, 0.1) is 0 Å². The van der Waals surface area contributed by atoms with E-state index in [1.165, 1.54) is 0 Å². The van der Waals surface area contributed by atoms with Crippen LogP contribution in [0.4, 0.5) is 0 Å². The van der Waals surface area contributed by atoms with Gasteiger partial charge in [-0.2, -0.15) is 0 Å². The number of aliphatic hydroxyl groups is 1. The molecule has 0 fully saturated rings. The fraction of sp³-hybridized carbons (Fsp3) is 0.350. The van der Waals surface area contributed by atoms with Crippen LogP contribution in [-0.4, -0.2) is 30.8 Å². The van der Waals surface area contributed by atoms with Gasteiger partial charge in [-0.3, -0.25) is 4.79 Å². The Bertz CT molecular complexity index is 650. The van der Waals surface area contributed by atoms with E-state index in [2.05, 4.69) is 5.32 Å². The van der Waals surface area contributed by atoms with Crippen molar-refractivity contribution < 1.29 is 14.6 Å². The molecule has 0 aliphatic rings. The number of methoxy groups -OCH3 is 1. The molecule has 0 aromatic heterocycles. The van der Waals surface area contributed by atoms with E-state index in [4.69, 9.17) is 4.74 Å². The van der Waals surface area contributed by atoms with Crippen molar-refractivity contribution in [3.05, 3.63) is 65.7 Å². The fourth-order valence-corrected chi connectivity index (χ4v) is 2.53. The van der Waals surface area contributed by atoms with E-state index in [1.54, 1.807) is 7.11 Å². The van der Waals surface area contributed by atoms with E-state index in [9.17, 15) is 9.90 Å². The van der Waals surface area contributed by atoms with Crippen LogP contribution in [0.15, 0.2) is 54.6 Å². The third kappa shape index (κ3) is 4.59. The lowest BCUT2D eigenvalue weighted by Gasteiger charge is -2.25. The van der Waals surface area contributed by atoms with Crippen molar-refractivity contribution in [2.45, 2.75) is 31.8 Å². The summed E-state index contributed by atoms with van der Waals surface area (Å²) in [5.41, 5.74) is 1.27. The van der Waals surface area contributed by atoms with E-state index < -0.39 is 11.5 Å². The lowest BCUT2D eigenvalue weighted by atomic mass is 9.83. The maximum absolute atomic E-state index is 12.5. The topological polar surface area (TPSA) is 58.6 Å². The monoisotopic (exact) mass is 327 g/mol. The maximum Gasteiger partial charge on any atom is 0.230 e. The summed E-state index contributed by atoms with van der Waals surface area (Å²) in [4.78, 5) is 12.5. The Kier molecular flexibility index (Phi) is 5.99. The van der Waals surface area contributed by atoms with E-state index >= 15 is 0 Å². The molecule has 2 N–H and O–H groups in total. The first-order valence-electron chi connectivity index (χ1n) is 8.08. The van der Waals surface area contributed by atoms with Crippen LogP contribution < -0.4 is 10.1 Å². The van der Waals surface area contributed by atoms with Gasteiger partial charge in [-0.15, -0.1) is 0 Å². The molecule has 2 aromatic rings. The SMILES string of the molecule is COc1ccc(C(C)(C)C(=O)NCC(O)Cc2ccccc2)cc1. The number of ether oxygens (including phenoxy) is 1. The molecule has 0 spiro atoms. The lowest BCUT2D eigenvalue weighted by Crippen LogP contribution is -2.43. The summed E-state index contributed by atoms with van der Waals surface area (Å²) >= 11 is 0. The second kappa shape index (κ2) is 7.97. The minimum Gasteiger partial charge on any atom is -0.497 e. The summed E-state index contributed by atoms with van der Waals surface area (Å²) in [5.74, 6) is 0.646. The van der Waals surface area contributed by atoms with Crippen molar-refractivity contribution in [3.63, 3.8) is 0 Å². The van der Waals surface area contributed by atoms with E-state index in [-0.39, 0.29) is 12.5 Å². The fourth-order valence-electron chi connectivity index (χ4n) is 2.53. The van der Waals surface area contributed by atoms with Crippen molar-refractivity contribution in [2.75, 3.05) is 13.7 Å². The van der Waals surface area contributed by atoms with Gasteiger partial charge < -0.3 is 15.2 Å². The first-order valence-corrected chi connectivity index (χ1v) is 8.08. The Balaban J connectivity index is 1.92. The summed E-state index contributed by atoms with van der Waals surface area (Å²) in [6.45, 7) is 3.97. The first-order chi connectivity index (χ1) is 11.4. The van der Waals surface area contributed by atoms with Crippen LogP contribution in [0.5, 0.6) is 5.75 Å². The van der Waals surface area contributed by atoms with Gasteiger partial charge in [0.1, 0.15) is 5.75 Å². The van der Waals surface area contributed by atoms with E-state index in [0.29, 0.717) is 6.42 Å². The Labute approximate surface area is 143 Å². The summed E-state index contributed by atoms with van der Waals surface area (Å²) in [7, 11) is 1.61. The van der Waals surface area contributed by atoms with E-state index in [1.807, 2.05) is 68.4 Å². The van der Waals surface area contributed by atoms with Gasteiger partial charge in [-0.1, -0.05) is 42.5 Å². The van der Waals surface area contributed by atoms with Crippen LogP contribution in [0.1, 0.15) is 25.0 Å². The van der Waals surface area contributed by atoms with Gasteiger partial charge in [0.25, 0.3) is 0 Å². The molecule has 1 atom stereocenters. The summed E-state index contributed by atoms with van der Waals surface area (Å²) in [5, 5.41) is 13.0. The number of rotatable bonds is 7. The van der Waals surface area contributed by atoms with E-state index in [0.717, 1.165) is 16.9 Å². The van der Waals surface area contributed by atoms with Crippen molar-refractivity contribution in [3.8, 4) is 5.75 Å². The zero-order valence-electron chi connectivity index (χ0n) is 14.5. The quantitative estimate of drug-likeness (QED) is 0.822. The predicted molar refractivity (Wildman–Crippen MR) is 95.2 cm³/mol. The Morgan fingerprint density at radius 2 is 1.75 bits per heavy atom. The molecule has 128 valence electrons. The van der Waals surface area contributed by atoms with Crippen LogP contribution in [0.2, 0.25) is 0 Å². The van der Waals surface area contributed by atoms with Crippen LogP contribution in [0.3, 0.4) is 0 Å². The van der Waals surface area contributed by atoms with Gasteiger partial charge in [0.15, 0.2) is 0 Å². The molecule has 2 rings (SSSR count). The molecule has 4 heteroatoms. The van der Waals surface area contributed by atoms with Gasteiger partial charge in [0.2, 0.25) is 5.91 Å². The molecule has 0 saturated heterocycles. The molecule has 24 heavy (non-hydrogen) atoms. The minimum atomic E-state index is -0.682. The highest BCUT2D eigenvalue weighted by molar-refractivity contribution is 5.87. The molecule has 1 unspecified atom stereocenters. The predicted octanol–water partition coefficient (Wildman–Crippen LogP) is 2.69. The molecule has 4 nitrogen and oxygen atoms in total. The number of benzene rings is 2.